The van der Waals surface area contributed by atoms with Gasteiger partial charge < -0.3 is 15.6 Å². The Kier molecular flexibility index (Phi) is 6.82. The maximum atomic E-state index is 9.10. The van der Waals surface area contributed by atoms with E-state index in [0.717, 1.165) is 5.57 Å². The lowest BCUT2D eigenvalue weighted by Crippen LogP contribution is -2.44. The molecule has 0 rings (SSSR count). The zero-order chi connectivity index (χ0) is 13.7. The minimum absolute atomic E-state index is 0.671. The molecule has 0 aliphatic rings. The van der Waals surface area contributed by atoms with Gasteiger partial charge in [0.1, 0.15) is 0 Å². The summed E-state index contributed by atoms with van der Waals surface area (Å²) in [6.45, 7) is 14.1. The second kappa shape index (κ2) is 6.16. The van der Waals surface area contributed by atoms with Crippen LogP contribution in [0.1, 0.15) is 55.4 Å². The van der Waals surface area contributed by atoms with Crippen molar-refractivity contribution in [1.29, 1.82) is 5.41 Å². The molecule has 0 aromatic rings. The number of hydrogen-bond acceptors (Lipinski definition) is 3. The largest absolute Gasteiger partial charge is 0.387 e. The van der Waals surface area contributed by atoms with Gasteiger partial charge in [-0.05, 0) is 61.0 Å². The van der Waals surface area contributed by atoms with Gasteiger partial charge in [-0.15, -0.1) is 0 Å². The molecule has 0 saturated heterocycles. The SMILES string of the molecule is CC(=N)C(C)=C(C)C.CC(C)(O)C(C)(C)O. The molecule has 0 aliphatic heterocycles. The van der Waals surface area contributed by atoms with E-state index in [0.29, 0.717) is 5.71 Å². The number of aliphatic hydroxyl groups is 2. The molecule has 0 heterocycles. The molecule has 0 aromatic carbocycles. The Balaban J connectivity index is 0. The molecule has 0 saturated carbocycles. The molecule has 0 radical (unpaired) electrons. The molecule has 0 amide bonds. The van der Waals surface area contributed by atoms with Crippen molar-refractivity contribution in [2.75, 3.05) is 0 Å². The Morgan fingerprint density at radius 2 is 1.06 bits per heavy atom. The summed E-state index contributed by atoms with van der Waals surface area (Å²) in [5, 5.41) is 25.4. The molecule has 0 unspecified atom stereocenters. The molecule has 0 spiro atoms. The van der Waals surface area contributed by atoms with Crippen LogP contribution in [0.15, 0.2) is 11.1 Å². The fourth-order valence-electron chi connectivity index (χ4n) is 0.375. The highest BCUT2D eigenvalue weighted by Crippen LogP contribution is 2.19. The molecule has 16 heavy (non-hydrogen) atoms. The van der Waals surface area contributed by atoms with E-state index in [1.165, 1.54) is 5.57 Å². The molecule has 0 bridgehead atoms. The third kappa shape index (κ3) is 7.60. The summed E-state index contributed by atoms with van der Waals surface area (Å²) < 4.78 is 0. The van der Waals surface area contributed by atoms with Crippen LogP contribution in [0.25, 0.3) is 0 Å². The molecule has 3 heteroatoms. The Labute approximate surface area is 99.7 Å². The number of rotatable bonds is 2. The summed E-state index contributed by atoms with van der Waals surface area (Å²) in [5.74, 6) is 0. The van der Waals surface area contributed by atoms with Crippen molar-refractivity contribution in [1.82, 2.24) is 0 Å². The van der Waals surface area contributed by atoms with Gasteiger partial charge in [0, 0.05) is 5.71 Å². The van der Waals surface area contributed by atoms with Crippen molar-refractivity contribution in [2.45, 2.75) is 66.6 Å². The molecule has 0 aromatic heterocycles. The van der Waals surface area contributed by atoms with Gasteiger partial charge in [-0.1, -0.05) is 5.57 Å². The summed E-state index contributed by atoms with van der Waals surface area (Å²) in [5.41, 5.74) is 0.993. The van der Waals surface area contributed by atoms with Crippen molar-refractivity contribution >= 4 is 5.71 Å². The standard InChI is InChI=1S/C7H13N.C6H14O2/c1-5(2)6(3)7(4)8;1-5(2,7)6(3,4)8/h8H,1-4H3;7-8H,1-4H3. The molecular formula is C13H27NO2. The van der Waals surface area contributed by atoms with Crippen LogP contribution in [0.2, 0.25) is 0 Å². The van der Waals surface area contributed by atoms with Crippen LogP contribution in [0.5, 0.6) is 0 Å². The Bertz CT molecular complexity index is 249. The van der Waals surface area contributed by atoms with Crippen molar-refractivity contribution in [2.24, 2.45) is 0 Å². The van der Waals surface area contributed by atoms with Gasteiger partial charge in [-0.3, -0.25) is 0 Å². The topological polar surface area (TPSA) is 64.3 Å². The van der Waals surface area contributed by atoms with Crippen molar-refractivity contribution in [3.05, 3.63) is 11.1 Å². The lowest BCUT2D eigenvalue weighted by molar-refractivity contribution is -0.107. The normalized spacial score (nSPS) is 11.4. The lowest BCUT2D eigenvalue weighted by Gasteiger charge is -2.31. The van der Waals surface area contributed by atoms with E-state index in [1.807, 2.05) is 27.7 Å². The molecule has 0 fully saturated rings. The molecule has 96 valence electrons. The Morgan fingerprint density at radius 3 is 1.06 bits per heavy atom. The first-order valence-electron chi connectivity index (χ1n) is 5.45. The van der Waals surface area contributed by atoms with Crippen LogP contribution in [-0.2, 0) is 0 Å². The summed E-state index contributed by atoms with van der Waals surface area (Å²) in [6.07, 6.45) is 0. The molecule has 0 atom stereocenters. The van der Waals surface area contributed by atoms with Crippen molar-refractivity contribution in [3.63, 3.8) is 0 Å². The van der Waals surface area contributed by atoms with Crippen LogP contribution >= 0.6 is 0 Å². The summed E-state index contributed by atoms with van der Waals surface area (Å²) in [4.78, 5) is 0. The van der Waals surface area contributed by atoms with Crippen LogP contribution in [-0.4, -0.2) is 27.1 Å². The van der Waals surface area contributed by atoms with Gasteiger partial charge in [0.05, 0.1) is 11.2 Å². The Morgan fingerprint density at radius 1 is 0.812 bits per heavy atom. The van der Waals surface area contributed by atoms with Gasteiger partial charge in [0.2, 0.25) is 0 Å². The molecular weight excluding hydrogens is 202 g/mol. The van der Waals surface area contributed by atoms with E-state index in [4.69, 9.17) is 15.6 Å². The van der Waals surface area contributed by atoms with E-state index in [9.17, 15) is 0 Å². The summed E-state index contributed by atoms with van der Waals surface area (Å²) >= 11 is 0. The number of allylic oxidation sites excluding steroid dienone is 2. The third-order valence-corrected chi connectivity index (χ3v) is 2.81. The monoisotopic (exact) mass is 229 g/mol. The van der Waals surface area contributed by atoms with E-state index in [2.05, 4.69) is 0 Å². The highest BCUT2D eigenvalue weighted by atomic mass is 16.3. The highest BCUT2D eigenvalue weighted by Gasteiger charge is 2.31. The van der Waals surface area contributed by atoms with E-state index in [1.54, 1.807) is 27.7 Å². The van der Waals surface area contributed by atoms with E-state index < -0.39 is 11.2 Å². The summed E-state index contributed by atoms with van der Waals surface area (Å²) in [6, 6.07) is 0. The fourth-order valence-corrected chi connectivity index (χ4v) is 0.375. The predicted molar refractivity (Wildman–Crippen MR) is 70.0 cm³/mol. The minimum Gasteiger partial charge on any atom is -0.387 e. The second-order valence-corrected chi connectivity index (χ2v) is 5.37. The molecule has 3 nitrogen and oxygen atoms in total. The zero-order valence-electron chi connectivity index (χ0n) is 11.9. The first-order chi connectivity index (χ1) is 6.80. The number of hydrogen-bond donors (Lipinski definition) is 3. The summed E-state index contributed by atoms with van der Waals surface area (Å²) in [7, 11) is 0. The van der Waals surface area contributed by atoms with Gasteiger partial charge in [0.25, 0.3) is 0 Å². The smallest absolute Gasteiger partial charge is 0.0872 e. The maximum absolute atomic E-state index is 9.10. The van der Waals surface area contributed by atoms with E-state index >= 15 is 0 Å². The van der Waals surface area contributed by atoms with Crippen molar-refractivity contribution in [3.8, 4) is 0 Å². The van der Waals surface area contributed by atoms with Gasteiger partial charge >= 0.3 is 0 Å². The fraction of sp³-hybridized carbons (Fsp3) is 0.769. The van der Waals surface area contributed by atoms with Crippen molar-refractivity contribution < 1.29 is 10.2 Å². The van der Waals surface area contributed by atoms with Gasteiger partial charge in [-0.2, -0.15) is 0 Å². The van der Waals surface area contributed by atoms with Gasteiger partial charge in [0.15, 0.2) is 0 Å². The average molecular weight is 229 g/mol. The van der Waals surface area contributed by atoms with Gasteiger partial charge in [-0.25, -0.2) is 0 Å². The minimum atomic E-state index is -1.01. The van der Waals surface area contributed by atoms with Crippen LogP contribution in [0.3, 0.4) is 0 Å². The third-order valence-electron chi connectivity index (χ3n) is 2.81. The van der Waals surface area contributed by atoms with E-state index in [-0.39, 0.29) is 0 Å². The average Bonchev–Trinajstić information content (AvgIpc) is 1.99. The maximum Gasteiger partial charge on any atom is 0.0872 e. The first-order valence-corrected chi connectivity index (χ1v) is 5.45. The lowest BCUT2D eigenvalue weighted by atomic mass is 9.90. The second-order valence-electron chi connectivity index (χ2n) is 5.37. The zero-order valence-corrected chi connectivity index (χ0v) is 11.9. The van der Waals surface area contributed by atoms with Crippen LogP contribution in [0, 0.1) is 5.41 Å². The van der Waals surface area contributed by atoms with Crippen LogP contribution < -0.4 is 0 Å². The predicted octanol–water partition coefficient (Wildman–Crippen LogP) is 2.91. The Hall–Kier alpha value is -0.670. The number of nitrogens with one attached hydrogen (secondary N) is 1. The molecule has 3 N–H and O–H groups in total. The highest BCUT2D eigenvalue weighted by molar-refractivity contribution is 5.95. The van der Waals surface area contributed by atoms with Crippen LogP contribution in [0.4, 0.5) is 0 Å². The first kappa shape index (κ1) is 17.7. The molecule has 0 aliphatic carbocycles. The quantitative estimate of drug-likeness (QED) is 0.637.